The summed E-state index contributed by atoms with van der Waals surface area (Å²) in [6.07, 6.45) is 0.890. The molecule has 0 aliphatic carbocycles. The Balaban J connectivity index is 0.000000291. The number of hydrogen-bond donors (Lipinski definition) is 2. The molecule has 2 N–H and O–H groups in total. The van der Waals surface area contributed by atoms with Crippen molar-refractivity contribution in [3.8, 4) is 0 Å². The largest absolute Gasteiger partial charge is 0.400 e. The van der Waals surface area contributed by atoms with E-state index in [1.54, 1.807) is 0 Å². The van der Waals surface area contributed by atoms with Crippen molar-refractivity contribution < 1.29 is 9.50 Å². The Hall–Kier alpha value is -0.150. The highest BCUT2D eigenvalue weighted by atomic mass is 19.1. The Morgan fingerprint density at radius 2 is 1.78 bits per heavy atom. The first-order valence-electron chi connectivity index (χ1n) is 3.19. The van der Waals surface area contributed by atoms with Gasteiger partial charge >= 0.3 is 0 Å². The lowest BCUT2D eigenvalue weighted by Crippen LogP contribution is -2.28. The van der Waals surface area contributed by atoms with E-state index in [-0.39, 0.29) is 0 Å². The van der Waals surface area contributed by atoms with Gasteiger partial charge in [-0.05, 0) is 25.9 Å². The number of piperidine rings is 1. The zero-order valence-corrected chi connectivity index (χ0v) is 5.73. The van der Waals surface area contributed by atoms with E-state index in [2.05, 4.69) is 5.32 Å². The molecule has 1 heterocycles. The van der Waals surface area contributed by atoms with Crippen molar-refractivity contribution in [2.45, 2.75) is 19.0 Å². The van der Waals surface area contributed by atoms with Crippen molar-refractivity contribution in [1.29, 1.82) is 0 Å². The van der Waals surface area contributed by atoms with Crippen molar-refractivity contribution in [1.82, 2.24) is 5.32 Å². The van der Waals surface area contributed by atoms with Crippen LogP contribution in [0.1, 0.15) is 12.8 Å². The van der Waals surface area contributed by atoms with Gasteiger partial charge in [-0.1, -0.05) is 0 Å². The molecule has 1 saturated heterocycles. The summed E-state index contributed by atoms with van der Waals surface area (Å²) in [6.45, 7) is 1.72. The lowest BCUT2D eigenvalue weighted by molar-refractivity contribution is 0.262. The maximum Gasteiger partial charge on any atom is 0.103 e. The molecule has 0 aromatic rings. The van der Waals surface area contributed by atoms with E-state index < -0.39 is 6.17 Å². The lowest BCUT2D eigenvalue weighted by Gasteiger charge is -2.14. The minimum Gasteiger partial charge on any atom is -0.400 e. The van der Waals surface area contributed by atoms with Crippen LogP contribution in [-0.2, 0) is 0 Å². The molecule has 0 aromatic heterocycles. The van der Waals surface area contributed by atoms with Gasteiger partial charge < -0.3 is 10.4 Å². The highest BCUT2D eigenvalue weighted by molar-refractivity contribution is 4.65. The molecule has 0 amide bonds. The summed E-state index contributed by atoms with van der Waals surface area (Å²) in [5.41, 5.74) is 0. The first kappa shape index (κ1) is 8.85. The Labute approximate surface area is 55.1 Å². The highest BCUT2D eigenvalue weighted by Crippen LogP contribution is 2.04. The van der Waals surface area contributed by atoms with Gasteiger partial charge in [-0.15, -0.1) is 0 Å². The van der Waals surface area contributed by atoms with Gasteiger partial charge in [0.25, 0.3) is 0 Å². The average molecular weight is 135 g/mol. The predicted octanol–water partition coefficient (Wildman–Crippen LogP) is 0.316. The summed E-state index contributed by atoms with van der Waals surface area (Å²) < 4.78 is 12.1. The summed E-state index contributed by atoms with van der Waals surface area (Å²) >= 11 is 0. The van der Waals surface area contributed by atoms with E-state index in [0.717, 1.165) is 20.2 Å². The van der Waals surface area contributed by atoms with Crippen molar-refractivity contribution in [2.24, 2.45) is 0 Å². The molecule has 2 nitrogen and oxygen atoms in total. The zero-order valence-electron chi connectivity index (χ0n) is 5.73. The highest BCUT2D eigenvalue weighted by Gasteiger charge is 2.09. The van der Waals surface area contributed by atoms with Crippen LogP contribution in [0.3, 0.4) is 0 Å². The van der Waals surface area contributed by atoms with Crippen LogP contribution < -0.4 is 5.32 Å². The normalized spacial score (nSPS) is 20.3. The number of alkyl halides is 1. The third-order valence-electron chi connectivity index (χ3n) is 1.27. The third-order valence-corrected chi connectivity index (χ3v) is 1.27. The van der Waals surface area contributed by atoms with Crippen molar-refractivity contribution >= 4 is 0 Å². The first-order valence-corrected chi connectivity index (χ1v) is 3.19. The van der Waals surface area contributed by atoms with Gasteiger partial charge in [0.05, 0.1) is 0 Å². The molecule has 0 atom stereocenters. The van der Waals surface area contributed by atoms with Gasteiger partial charge in [-0.2, -0.15) is 0 Å². The SMILES string of the molecule is CO.FC1CCNCC1. The summed E-state index contributed by atoms with van der Waals surface area (Å²) in [7, 11) is 1.00. The van der Waals surface area contributed by atoms with Crippen LogP contribution in [0.5, 0.6) is 0 Å². The van der Waals surface area contributed by atoms with Crippen LogP contribution in [-0.4, -0.2) is 31.5 Å². The van der Waals surface area contributed by atoms with E-state index in [4.69, 9.17) is 5.11 Å². The van der Waals surface area contributed by atoms with Crippen LogP contribution in [0.2, 0.25) is 0 Å². The topological polar surface area (TPSA) is 32.3 Å². The van der Waals surface area contributed by atoms with Crippen LogP contribution in [0.4, 0.5) is 4.39 Å². The molecule has 0 aromatic carbocycles. The molecule has 0 saturated carbocycles. The second-order valence-corrected chi connectivity index (χ2v) is 1.92. The lowest BCUT2D eigenvalue weighted by atomic mass is 10.1. The molecule has 3 heteroatoms. The van der Waals surface area contributed by atoms with Gasteiger partial charge in [0.2, 0.25) is 0 Å². The van der Waals surface area contributed by atoms with Crippen molar-refractivity contribution in [3.63, 3.8) is 0 Å². The number of nitrogens with one attached hydrogen (secondary N) is 1. The molecule has 0 radical (unpaired) electrons. The molecule has 0 unspecified atom stereocenters. The van der Waals surface area contributed by atoms with Gasteiger partial charge in [-0.25, -0.2) is 4.39 Å². The van der Waals surface area contributed by atoms with Crippen LogP contribution in [0.15, 0.2) is 0 Å². The minimum absolute atomic E-state index is 0.527. The molecule has 1 aliphatic heterocycles. The van der Waals surface area contributed by atoms with E-state index in [1.165, 1.54) is 0 Å². The van der Waals surface area contributed by atoms with E-state index in [9.17, 15) is 4.39 Å². The quantitative estimate of drug-likeness (QED) is 0.501. The molecule has 56 valence electrons. The van der Waals surface area contributed by atoms with E-state index >= 15 is 0 Å². The Morgan fingerprint density at radius 3 is 2.00 bits per heavy atom. The number of halogens is 1. The zero-order chi connectivity index (χ0) is 7.11. The van der Waals surface area contributed by atoms with Gasteiger partial charge in [0.15, 0.2) is 0 Å². The first-order chi connectivity index (χ1) is 4.39. The standard InChI is InChI=1S/C5H10FN.CH4O/c6-5-1-3-7-4-2-5;1-2/h5,7H,1-4H2;2H,1H3. The smallest absolute Gasteiger partial charge is 0.103 e. The second kappa shape index (κ2) is 5.98. The van der Waals surface area contributed by atoms with E-state index in [0.29, 0.717) is 12.8 Å². The minimum atomic E-state index is -0.527. The molecule has 1 aliphatic rings. The number of hydrogen-bond acceptors (Lipinski definition) is 2. The maximum absolute atomic E-state index is 12.1. The molecule has 1 fully saturated rings. The summed E-state index contributed by atoms with van der Waals surface area (Å²) in [6, 6.07) is 0. The van der Waals surface area contributed by atoms with Gasteiger partial charge in [0, 0.05) is 7.11 Å². The second-order valence-electron chi connectivity index (χ2n) is 1.92. The van der Waals surface area contributed by atoms with Crippen LogP contribution >= 0.6 is 0 Å². The predicted molar refractivity (Wildman–Crippen MR) is 35.1 cm³/mol. The fourth-order valence-corrected chi connectivity index (χ4v) is 0.787. The summed E-state index contributed by atoms with van der Waals surface area (Å²) in [5, 5.41) is 10.1. The van der Waals surface area contributed by atoms with Gasteiger partial charge in [0.1, 0.15) is 6.17 Å². The van der Waals surface area contributed by atoms with Crippen molar-refractivity contribution in [3.05, 3.63) is 0 Å². The van der Waals surface area contributed by atoms with Crippen LogP contribution in [0.25, 0.3) is 0 Å². The molecule has 9 heavy (non-hydrogen) atoms. The fraction of sp³-hybridized carbons (Fsp3) is 1.00. The molecular weight excluding hydrogens is 121 g/mol. The number of aliphatic hydroxyl groups is 1. The Bertz CT molecular complexity index is 55.0. The molecule has 1 rings (SSSR count). The van der Waals surface area contributed by atoms with Crippen LogP contribution in [0, 0.1) is 0 Å². The monoisotopic (exact) mass is 135 g/mol. The summed E-state index contributed by atoms with van der Waals surface area (Å²) in [5.74, 6) is 0. The maximum atomic E-state index is 12.1. The fourth-order valence-electron chi connectivity index (χ4n) is 0.787. The molecule has 0 bridgehead atoms. The van der Waals surface area contributed by atoms with Gasteiger partial charge in [-0.3, -0.25) is 0 Å². The number of rotatable bonds is 0. The average Bonchev–Trinajstić information content (AvgIpc) is 1.94. The Morgan fingerprint density at radius 1 is 1.33 bits per heavy atom. The van der Waals surface area contributed by atoms with Crippen molar-refractivity contribution in [2.75, 3.05) is 20.2 Å². The summed E-state index contributed by atoms with van der Waals surface area (Å²) in [4.78, 5) is 0. The Kier molecular flexibility index (Phi) is 5.88. The van der Waals surface area contributed by atoms with E-state index in [1.807, 2.05) is 0 Å². The molecular formula is C6H14FNO. The third kappa shape index (κ3) is 4.36. The molecule has 0 spiro atoms. The number of aliphatic hydroxyl groups excluding tert-OH is 1.